The molecule has 1 aliphatic rings. The summed E-state index contributed by atoms with van der Waals surface area (Å²) in [5.41, 5.74) is 0.149. The van der Waals surface area contributed by atoms with Crippen LogP contribution in [0.15, 0.2) is 18.2 Å². The van der Waals surface area contributed by atoms with Gasteiger partial charge < -0.3 is 20.4 Å². The summed E-state index contributed by atoms with van der Waals surface area (Å²) in [7, 11) is 0. The number of hydrogen-bond donors (Lipinski definition) is 3. The molecule has 2 atom stereocenters. The monoisotopic (exact) mass is 250 g/mol. The number of phenols is 2. The molecule has 3 N–H and O–H groups in total. The van der Waals surface area contributed by atoms with E-state index in [-0.39, 0.29) is 35.1 Å². The molecule has 1 aromatic rings. The van der Waals surface area contributed by atoms with Crippen LogP contribution in [0, 0.1) is 0 Å². The number of phenolic OH excluding ortho intramolecular Hbond substituents is 2. The van der Waals surface area contributed by atoms with E-state index in [0.717, 1.165) is 0 Å². The lowest BCUT2D eigenvalue weighted by Gasteiger charge is -2.36. The lowest BCUT2D eigenvalue weighted by Crippen LogP contribution is -2.55. The van der Waals surface area contributed by atoms with Gasteiger partial charge in [0.05, 0.1) is 5.56 Å². The third kappa shape index (κ3) is 2.41. The van der Waals surface area contributed by atoms with Crippen LogP contribution in [-0.4, -0.2) is 46.2 Å². The molecule has 1 heterocycles. The number of aromatic hydroxyl groups is 2. The number of carbonyl (C=O) groups excluding carboxylic acids is 1. The maximum Gasteiger partial charge on any atom is 0.257 e. The molecule has 1 fully saturated rings. The van der Waals surface area contributed by atoms with Gasteiger partial charge in [-0.25, -0.2) is 0 Å². The van der Waals surface area contributed by atoms with Gasteiger partial charge in [0.15, 0.2) is 11.5 Å². The number of carbonyl (C=O) groups is 1. The third-order valence-corrected chi connectivity index (χ3v) is 3.09. The Morgan fingerprint density at radius 3 is 2.50 bits per heavy atom. The van der Waals surface area contributed by atoms with Gasteiger partial charge in [-0.1, -0.05) is 6.07 Å². The maximum atomic E-state index is 12.3. The molecule has 0 bridgehead atoms. The van der Waals surface area contributed by atoms with Crippen LogP contribution in [0.4, 0.5) is 0 Å². The quantitative estimate of drug-likeness (QED) is 0.648. The highest BCUT2D eigenvalue weighted by molar-refractivity contribution is 5.97. The van der Waals surface area contributed by atoms with Crippen LogP contribution in [0.5, 0.6) is 11.5 Å². The molecule has 0 aromatic heterocycles. The SMILES string of the molecule is CC1CN(C(=O)c2cccc(O)c2O)CC(C)N1. The van der Waals surface area contributed by atoms with Crippen LogP contribution in [0.1, 0.15) is 24.2 Å². The zero-order valence-corrected chi connectivity index (χ0v) is 10.6. The summed E-state index contributed by atoms with van der Waals surface area (Å²) in [5, 5.41) is 22.5. The van der Waals surface area contributed by atoms with Gasteiger partial charge in [0.1, 0.15) is 0 Å². The molecule has 1 aromatic carbocycles. The van der Waals surface area contributed by atoms with Gasteiger partial charge in [0.2, 0.25) is 0 Å². The van der Waals surface area contributed by atoms with Gasteiger partial charge in [-0.2, -0.15) is 0 Å². The number of nitrogens with zero attached hydrogens (tertiary/aromatic N) is 1. The Morgan fingerprint density at radius 1 is 1.28 bits per heavy atom. The first kappa shape index (κ1) is 12.7. The molecule has 1 saturated heterocycles. The number of piperazine rings is 1. The average molecular weight is 250 g/mol. The molecule has 18 heavy (non-hydrogen) atoms. The van der Waals surface area contributed by atoms with E-state index in [1.807, 2.05) is 13.8 Å². The Kier molecular flexibility index (Phi) is 3.43. The van der Waals surface area contributed by atoms with Gasteiger partial charge in [-0.05, 0) is 26.0 Å². The smallest absolute Gasteiger partial charge is 0.257 e. The molecule has 5 heteroatoms. The van der Waals surface area contributed by atoms with Crippen molar-refractivity contribution in [3.63, 3.8) is 0 Å². The van der Waals surface area contributed by atoms with Gasteiger partial charge in [0, 0.05) is 25.2 Å². The van der Waals surface area contributed by atoms with Crippen molar-refractivity contribution in [2.24, 2.45) is 0 Å². The Hall–Kier alpha value is -1.75. The largest absolute Gasteiger partial charge is 0.504 e. The topological polar surface area (TPSA) is 72.8 Å². The molecule has 98 valence electrons. The Bertz CT molecular complexity index is 452. The average Bonchev–Trinajstić information content (AvgIpc) is 2.30. The second kappa shape index (κ2) is 4.86. The van der Waals surface area contributed by atoms with E-state index < -0.39 is 0 Å². The highest BCUT2D eigenvalue weighted by Gasteiger charge is 2.27. The number of rotatable bonds is 1. The van der Waals surface area contributed by atoms with Crippen LogP contribution >= 0.6 is 0 Å². The van der Waals surface area contributed by atoms with Crippen molar-refractivity contribution >= 4 is 5.91 Å². The van der Waals surface area contributed by atoms with E-state index in [1.54, 1.807) is 11.0 Å². The molecular formula is C13H18N2O3. The van der Waals surface area contributed by atoms with E-state index in [2.05, 4.69) is 5.32 Å². The number of amides is 1. The minimum atomic E-state index is -0.346. The summed E-state index contributed by atoms with van der Waals surface area (Å²) in [5.74, 6) is -0.859. The summed E-state index contributed by atoms with van der Waals surface area (Å²) >= 11 is 0. The van der Waals surface area contributed by atoms with Crippen LogP contribution in [0.2, 0.25) is 0 Å². The van der Waals surface area contributed by atoms with Crippen LogP contribution in [0.3, 0.4) is 0 Å². The first-order chi connectivity index (χ1) is 8.49. The van der Waals surface area contributed by atoms with Crippen molar-refractivity contribution in [1.82, 2.24) is 10.2 Å². The van der Waals surface area contributed by atoms with Gasteiger partial charge >= 0.3 is 0 Å². The van der Waals surface area contributed by atoms with Crippen LogP contribution in [0.25, 0.3) is 0 Å². The summed E-state index contributed by atoms with van der Waals surface area (Å²) in [6.07, 6.45) is 0. The second-order valence-corrected chi connectivity index (χ2v) is 4.85. The molecule has 0 aliphatic carbocycles. The Balaban J connectivity index is 2.23. The zero-order chi connectivity index (χ0) is 13.3. The van der Waals surface area contributed by atoms with Crippen molar-refractivity contribution < 1.29 is 15.0 Å². The predicted molar refractivity (Wildman–Crippen MR) is 67.7 cm³/mol. The van der Waals surface area contributed by atoms with E-state index >= 15 is 0 Å². The third-order valence-electron chi connectivity index (χ3n) is 3.09. The summed E-state index contributed by atoms with van der Waals surface area (Å²) in [4.78, 5) is 14.0. The van der Waals surface area contributed by atoms with Crippen molar-refractivity contribution in [2.45, 2.75) is 25.9 Å². The number of nitrogens with one attached hydrogen (secondary N) is 1. The fourth-order valence-electron chi connectivity index (χ4n) is 2.37. The van der Waals surface area contributed by atoms with Crippen molar-refractivity contribution in [3.8, 4) is 11.5 Å². The highest BCUT2D eigenvalue weighted by atomic mass is 16.3. The molecule has 2 unspecified atom stereocenters. The van der Waals surface area contributed by atoms with Crippen molar-refractivity contribution in [2.75, 3.05) is 13.1 Å². The summed E-state index contributed by atoms with van der Waals surface area (Å²) < 4.78 is 0. The number of hydrogen-bond acceptors (Lipinski definition) is 4. The number of benzene rings is 1. The lowest BCUT2D eigenvalue weighted by molar-refractivity contribution is 0.0670. The summed E-state index contributed by atoms with van der Waals surface area (Å²) in [6, 6.07) is 4.87. The van der Waals surface area contributed by atoms with E-state index in [0.29, 0.717) is 13.1 Å². The molecule has 0 radical (unpaired) electrons. The van der Waals surface area contributed by atoms with Crippen LogP contribution in [-0.2, 0) is 0 Å². The van der Waals surface area contributed by atoms with E-state index in [9.17, 15) is 15.0 Å². The van der Waals surface area contributed by atoms with E-state index in [4.69, 9.17) is 0 Å². The van der Waals surface area contributed by atoms with Crippen molar-refractivity contribution in [1.29, 1.82) is 0 Å². The highest BCUT2D eigenvalue weighted by Crippen LogP contribution is 2.29. The molecule has 0 saturated carbocycles. The second-order valence-electron chi connectivity index (χ2n) is 4.85. The fraction of sp³-hybridized carbons (Fsp3) is 0.462. The Morgan fingerprint density at radius 2 is 1.89 bits per heavy atom. The van der Waals surface area contributed by atoms with Gasteiger partial charge in [-0.3, -0.25) is 4.79 Å². The van der Waals surface area contributed by atoms with Gasteiger partial charge in [-0.15, -0.1) is 0 Å². The molecule has 0 spiro atoms. The van der Waals surface area contributed by atoms with Crippen LogP contribution < -0.4 is 5.32 Å². The van der Waals surface area contributed by atoms with Crippen molar-refractivity contribution in [3.05, 3.63) is 23.8 Å². The van der Waals surface area contributed by atoms with E-state index in [1.165, 1.54) is 12.1 Å². The standard InChI is InChI=1S/C13H18N2O3/c1-8-6-15(7-9(2)14-8)13(18)10-4-3-5-11(16)12(10)17/h3-5,8-9,14,16-17H,6-7H2,1-2H3. The first-order valence-corrected chi connectivity index (χ1v) is 6.05. The predicted octanol–water partition coefficient (Wildman–Crippen LogP) is 0.920. The number of para-hydroxylation sites is 1. The normalized spacial score (nSPS) is 24.0. The minimum absolute atomic E-state index is 0.149. The maximum absolute atomic E-state index is 12.3. The molecule has 2 rings (SSSR count). The molecular weight excluding hydrogens is 232 g/mol. The summed E-state index contributed by atoms with van der Waals surface area (Å²) in [6.45, 7) is 5.22. The molecule has 1 amide bonds. The first-order valence-electron chi connectivity index (χ1n) is 6.05. The zero-order valence-electron chi connectivity index (χ0n) is 10.6. The minimum Gasteiger partial charge on any atom is -0.504 e. The van der Waals surface area contributed by atoms with Gasteiger partial charge in [0.25, 0.3) is 5.91 Å². The Labute approximate surface area is 106 Å². The lowest BCUT2D eigenvalue weighted by atomic mass is 10.1. The molecule has 1 aliphatic heterocycles. The fourth-order valence-corrected chi connectivity index (χ4v) is 2.37. The molecule has 5 nitrogen and oxygen atoms in total.